The molecular weight excluding hydrogens is 498 g/mol. The maximum absolute atomic E-state index is 13.7. The second-order valence-electron chi connectivity index (χ2n) is 9.49. The fourth-order valence-corrected chi connectivity index (χ4v) is 5.54. The van der Waals surface area contributed by atoms with Crippen LogP contribution >= 0.6 is 0 Å². The van der Waals surface area contributed by atoms with Crippen molar-refractivity contribution in [3.63, 3.8) is 0 Å². The van der Waals surface area contributed by atoms with E-state index in [2.05, 4.69) is 5.32 Å². The summed E-state index contributed by atoms with van der Waals surface area (Å²) in [5.74, 6) is -0.440. The van der Waals surface area contributed by atoms with Crippen LogP contribution in [-0.4, -0.2) is 51.0 Å². The van der Waals surface area contributed by atoms with Gasteiger partial charge in [0, 0.05) is 33.0 Å². The maximum atomic E-state index is 13.7. The van der Waals surface area contributed by atoms with Crippen LogP contribution < -0.4 is 9.62 Å². The topological polar surface area (TPSA) is 86.8 Å². The van der Waals surface area contributed by atoms with Crippen LogP contribution in [-0.2, 0) is 32.6 Å². The molecule has 0 radical (unpaired) electrons. The predicted molar refractivity (Wildman–Crippen MR) is 152 cm³/mol. The predicted octanol–water partition coefficient (Wildman–Crippen LogP) is 4.24. The summed E-state index contributed by atoms with van der Waals surface area (Å²) in [6, 6.07) is 24.0. The molecule has 0 aliphatic heterocycles. The highest BCUT2D eigenvalue weighted by Crippen LogP contribution is 2.23. The highest BCUT2D eigenvalue weighted by atomic mass is 32.2. The zero-order valence-corrected chi connectivity index (χ0v) is 23.4. The third-order valence-electron chi connectivity index (χ3n) is 6.66. The van der Waals surface area contributed by atoms with E-state index in [1.165, 1.54) is 10.6 Å². The minimum atomic E-state index is -3.54. The lowest BCUT2D eigenvalue weighted by Crippen LogP contribution is -2.50. The second-order valence-corrected chi connectivity index (χ2v) is 11.4. The molecule has 3 aromatic carbocycles. The number of nitrogens with zero attached hydrogens (tertiary/aromatic N) is 2. The average Bonchev–Trinajstić information content (AvgIpc) is 2.89. The Balaban J connectivity index is 1.86. The van der Waals surface area contributed by atoms with Crippen LogP contribution in [0.15, 0.2) is 78.9 Å². The Morgan fingerprint density at radius 1 is 0.868 bits per heavy atom. The Morgan fingerprint density at radius 2 is 1.47 bits per heavy atom. The van der Waals surface area contributed by atoms with E-state index in [-0.39, 0.29) is 31.3 Å². The molecule has 38 heavy (non-hydrogen) atoms. The highest BCUT2D eigenvalue weighted by Gasteiger charge is 2.30. The van der Waals surface area contributed by atoms with E-state index in [0.717, 1.165) is 22.3 Å². The number of nitrogens with one attached hydrogen (secondary N) is 1. The number of carbonyl (C=O) groups is 2. The molecule has 0 aliphatic carbocycles. The third kappa shape index (κ3) is 7.68. The summed E-state index contributed by atoms with van der Waals surface area (Å²) in [7, 11) is -1.97. The van der Waals surface area contributed by atoms with Crippen molar-refractivity contribution in [2.75, 3.05) is 24.2 Å². The molecule has 0 spiro atoms. The van der Waals surface area contributed by atoms with E-state index in [4.69, 9.17) is 0 Å². The van der Waals surface area contributed by atoms with Crippen molar-refractivity contribution >= 4 is 27.5 Å². The largest absolute Gasteiger partial charge is 0.357 e. The zero-order valence-electron chi connectivity index (χ0n) is 22.6. The molecule has 0 unspecified atom stereocenters. The van der Waals surface area contributed by atoms with Gasteiger partial charge in [0.1, 0.15) is 6.04 Å². The molecule has 0 heterocycles. The number of carbonyl (C=O) groups excluding carboxylic acids is 2. The van der Waals surface area contributed by atoms with Crippen molar-refractivity contribution in [2.24, 2.45) is 0 Å². The Kier molecular flexibility index (Phi) is 10.1. The van der Waals surface area contributed by atoms with E-state index < -0.39 is 16.1 Å². The lowest BCUT2D eigenvalue weighted by molar-refractivity contribution is -0.141. The molecule has 1 atom stereocenters. The van der Waals surface area contributed by atoms with E-state index in [0.29, 0.717) is 18.5 Å². The first-order valence-corrected chi connectivity index (χ1v) is 14.6. The summed E-state index contributed by atoms with van der Waals surface area (Å²) in [6.07, 6.45) is 1.96. The van der Waals surface area contributed by atoms with Crippen LogP contribution in [0.3, 0.4) is 0 Å². The first kappa shape index (κ1) is 28.9. The zero-order chi connectivity index (χ0) is 27.7. The van der Waals surface area contributed by atoms with Crippen LogP contribution in [0.5, 0.6) is 0 Å². The van der Waals surface area contributed by atoms with E-state index in [1.54, 1.807) is 24.1 Å². The molecule has 0 fully saturated rings. The Bertz CT molecular complexity index is 1340. The summed E-state index contributed by atoms with van der Waals surface area (Å²) in [5, 5.41) is 2.72. The molecule has 0 bridgehead atoms. The van der Waals surface area contributed by atoms with Gasteiger partial charge in [-0.25, -0.2) is 8.42 Å². The number of rotatable bonds is 12. The number of sulfonamides is 1. The van der Waals surface area contributed by atoms with E-state index in [9.17, 15) is 18.0 Å². The van der Waals surface area contributed by atoms with Gasteiger partial charge >= 0.3 is 0 Å². The van der Waals surface area contributed by atoms with E-state index >= 15 is 0 Å². The number of likely N-dealkylation sites (N-methyl/N-ethyl adjacent to an activating group) is 1. The summed E-state index contributed by atoms with van der Waals surface area (Å²) in [5.41, 5.74) is 4.38. The van der Waals surface area contributed by atoms with Gasteiger partial charge < -0.3 is 10.2 Å². The summed E-state index contributed by atoms with van der Waals surface area (Å²) < 4.78 is 26.5. The number of hydrogen-bond acceptors (Lipinski definition) is 4. The third-order valence-corrected chi connectivity index (χ3v) is 7.84. The van der Waals surface area contributed by atoms with Crippen molar-refractivity contribution in [2.45, 2.75) is 45.7 Å². The number of para-hydroxylation sites is 1. The average molecular weight is 536 g/mol. The quantitative estimate of drug-likeness (QED) is 0.376. The molecule has 3 rings (SSSR count). The van der Waals surface area contributed by atoms with Crippen molar-refractivity contribution in [3.8, 4) is 0 Å². The van der Waals surface area contributed by atoms with Gasteiger partial charge in [-0.3, -0.25) is 13.9 Å². The summed E-state index contributed by atoms with van der Waals surface area (Å²) >= 11 is 0. The number of hydrogen-bond donors (Lipinski definition) is 1. The van der Waals surface area contributed by atoms with Crippen LogP contribution in [0.4, 0.5) is 5.69 Å². The molecule has 202 valence electrons. The normalized spacial score (nSPS) is 12.0. The molecule has 7 nitrogen and oxygen atoms in total. The molecule has 3 aromatic rings. The van der Waals surface area contributed by atoms with Gasteiger partial charge in [-0.15, -0.1) is 0 Å². The number of benzene rings is 3. The Hall–Kier alpha value is -3.65. The molecule has 0 saturated carbocycles. The Morgan fingerprint density at radius 3 is 2.08 bits per heavy atom. The van der Waals surface area contributed by atoms with Crippen LogP contribution in [0.2, 0.25) is 0 Å². The van der Waals surface area contributed by atoms with Crippen LogP contribution in [0.25, 0.3) is 0 Å². The fraction of sp³-hybridized carbons (Fsp3) is 0.333. The maximum Gasteiger partial charge on any atom is 0.242 e. The number of aryl methyl sites for hydroxylation is 2. The monoisotopic (exact) mass is 535 g/mol. The van der Waals surface area contributed by atoms with Gasteiger partial charge in [-0.2, -0.15) is 0 Å². The van der Waals surface area contributed by atoms with Gasteiger partial charge in [0.05, 0.1) is 11.9 Å². The SMILES string of the molecule is CNC(=O)[C@@H](Cc1ccccc1)N(Cc1ccccc1C)C(=O)CCCN(c1ccccc1C)S(C)(=O)=O. The molecule has 0 saturated heterocycles. The lowest BCUT2D eigenvalue weighted by Gasteiger charge is -2.32. The van der Waals surface area contributed by atoms with Crippen molar-refractivity contribution < 1.29 is 18.0 Å². The fourth-order valence-electron chi connectivity index (χ4n) is 4.52. The van der Waals surface area contributed by atoms with Gasteiger partial charge in [-0.1, -0.05) is 72.8 Å². The van der Waals surface area contributed by atoms with Crippen LogP contribution in [0.1, 0.15) is 35.1 Å². The molecule has 0 aliphatic rings. The van der Waals surface area contributed by atoms with Gasteiger partial charge in [-0.05, 0) is 48.6 Å². The van der Waals surface area contributed by atoms with Gasteiger partial charge in [0.25, 0.3) is 0 Å². The second kappa shape index (κ2) is 13.2. The molecule has 0 aromatic heterocycles. The summed E-state index contributed by atoms with van der Waals surface area (Å²) in [6.45, 7) is 4.29. The standard InChI is InChI=1S/C30H37N3O4S/c1-23-13-8-10-17-26(23)22-32(28(30(35)31-3)21-25-15-6-5-7-16-25)29(34)19-12-20-33(38(4,36)37)27-18-11-9-14-24(27)2/h5-11,13-18,28H,12,19-22H2,1-4H3,(H,31,35)/t28-/m1/s1. The van der Waals surface area contributed by atoms with E-state index in [1.807, 2.05) is 80.6 Å². The minimum absolute atomic E-state index is 0.103. The van der Waals surface area contributed by atoms with Gasteiger partial charge in [0.2, 0.25) is 21.8 Å². The first-order chi connectivity index (χ1) is 18.1. The van der Waals surface area contributed by atoms with Crippen molar-refractivity contribution in [1.29, 1.82) is 0 Å². The molecule has 8 heteroatoms. The number of amides is 2. The van der Waals surface area contributed by atoms with Crippen molar-refractivity contribution in [3.05, 3.63) is 101 Å². The first-order valence-electron chi connectivity index (χ1n) is 12.7. The van der Waals surface area contributed by atoms with Crippen molar-refractivity contribution in [1.82, 2.24) is 10.2 Å². The molecular formula is C30H37N3O4S. The van der Waals surface area contributed by atoms with Crippen LogP contribution in [0, 0.1) is 13.8 Å². The summed E-state index contributed by atoms with van der Waals surface area (Å²) in [4.78, 5) is 28.4. The molecule has 2 amide bonds. The Labute approximate surface area is 226 Å². The van der Waals surface area contributed by atoms with Gasteiger partial charge in [0.15, 0.2) is 0 Å². The minimum Gasteiger partial charge on any atom is -0.357 e. The highest BCUT2D eigenvalue weighted by molar-refractivity contribution is 7.92. The molecule has 1 N–H and O–H groups in total. The lowest BCUT2D eigenvalue weighted by atomic mass is 10.0. The number of anilines is 1. The smallest absolute Gasteiger partial charge is 0.242 e.